The van der Waals surface area contributed by atoms with Crippen LogP contribution in [-0.2, 0) is 0 Å². The Labute approximate surface area is 102 Å². The van der Waals surface area contributed by atoms with Gasteiger partial charge in [0.2, 0.25) is 0 Å². The van der Waals surface area contributed by atoms with Crippen LogP contribution in [0.25, 0.3) is 0 Å². The van der Waals surface area contributed by atoms with Gasteiger partial charge in [0.25, 0.3) is 0 Å². The Kier molecular flexibility index (Phi) is 5.52. The quantitative estimate of drug-likeness (QED) is 0.433. The minimum atomic E-state index is 0.0906. The van der Waals surface area contributed by atoms with Crippen molar-refractivity contribution in [3.8, 4) is 11.5 Å². The van der Waals surface area contributed by atoms with Crippen molar-refractivity contribution in [2.45, 2.75) is 18.9 Å². The van der Waals surface area contributed by atoms with Crippen molar-refractivity contribution in [3.05, 3.63) is 36.4 Å². The molecule has 0 bridgehead atoms. The molecule has 1 aromatic carbocycles. The van der Waals surface area contributed by atoms with Crippen LogP contribution in [0, 0.1) is 0 Å². The molecule has 1 atom stereocenters. The average Bonchev–Trinajstić information content (AvgIpc) is 2.39. The van der Waals surface area contributed by atoms with Crippen LogP contribution in [0.3, 0.4) is 0 Å². The highest BCUT2D eigenvalue weighted by Crippen LogP contribution is 2.30. The third-order valence-corrected chi connectivity index (χ3v) is 2.67. The third kappa shape index (κ3) is 3.47. The number of hydrogen-bond acceptors (Lipinski definition) is 4. The second-order valence-electron chi connectivity index (χ2n) is 3.70. The lowest BCUT2D eigenvalue weighted by Crippen LogP contribution is -2.27. The van der Waals surface area contributed by atoms with E-state index in [9.17, 15) is 0 Å². The van der Waals surface area contributed by atoms with Gasteiger partial charge >= 0.3 is 0 Å². The number of nitrogens with two attached hydrogens (primary N) is 1. The smallest absolute Gasteiger partial charge is 0.161 e. The highest BCUT2D eigenvalue weighted by Gasteiger charge is 2.12. The molecule has 94 valence electrons. The fourth-order valence-electron chi connectivity index (χ4n) is 1.70. The lowest BCUT2D eigenvalue weighted by molar-refractivity contribution is 0.353. The van der Waals surface area contributed by atoms with E-state index >= 15 is 0 Å². The predicted molar refractivity (Wildman–Crippen MR) is 69.0 cm³/mol. The molecule has 1 unspecified atom stereocenters. The molecular weight excluding hydrogens is 216 g/mol. The van der Waals surface area contributed by atoms with E-state index in [1.165, 1.54) is 0 Å². The normalized spacial score (nSPS) is 11.9. The zero-order chi connectivity index (χ0) is 12.7. The summed E-state index contributed by atoms with van der Waals surface area (Å²) in [6, 6.07) is 5.89. The molecule has 0 saturated carbocycles. The minimum absolute atomic E-state index is 0.0906. The van der Waals surface area contributed by atoms with Crippen LogP contribution in [0.4, 0.5) is 0 Å². The Bertz CT molecular complexity index is 366. The largest absolute Gasteiger partial charge is 0.493 e. The van der Waals surface area contributed by atoms with Gasteiger partial charge in [-0.15, -0.1) is 6.58 Å². The molecule has 0 fully saturated rings. The van der Waals surface area contributed by atoms with Crippen LogP contribution in [0.5, 0.6) is 11.5 Å². The lowest BCUT2D eigenvalue weighted by atomic mass is 10.0. The van der Waals surface area contributed by atoms with Crippen LogP contribution >= 0.6 is 0 Å². The second-order valence-corrected chi connectivity index (χ2v) is 3.70. The topological polar surface area (TPSA) is 56.5 Å². The molecule has 3 N–H and O–H groups in total. The maximum Gasteiger partial charge on any atom is 0.161 e. The maximum absolute atomic E-state index is 5.55. The number of rotatable bonds is 7. The fraction of sp³-hybridized carbons (Fsp3) is 0.385. The monoisotopic (exact) mass is 236 g/mol. The van der Waals surface area contributed by atoms with Crippen LogP contribution in [0.2, 0.25) is 0 Å². The molecule has 17 heavy (non-hydrogen) atoms. The van der Waals surface area contributed by atoms with Gasteiger partial charge in [0.05, 0.1) is 14.2 Å². The molecule has 0 aliphatic carbocycles. The van der Waals surface area contributed by atoms with Crippen molar-refractivity contribution in [3.63, 3.8) is 0 Å². The Morgan fingerprint density at radius 2 is 2.06 bits per heavy atom. The van der Waals surface area contributed by atoms with Gasteiger partial charge in [0.1, 0.15) is 0 Å². The summed E-state index contributed by atoms with van der Waals surface area (Å²) in [5.74, 6) is 6.98. The number of benzene rings is 1. The molecule has 1 rings (SSSR count). The summed E-state index contributed by atoms with van der Waals surface area (Å²) in [6.45, 7) is 3.71. The molecule has 4 heteroatoms. The molecule has 4 nitrogen and oxygen atoms in total. The Balaban J connectivity index is 2.91. The first-order valence-corrected chi connectivity index (χ1v) is 5.55. The molecule has 0 aromatic heterocycles. The molecular formula is C13H20N2O2. The van der Waals surface area contributed by atoms with E-state index in [0.717, 1.165) is 24.2 Å². The summed E-state index contributed by atoms with van der Waals surface area (Å²) in [6.07, 6.45) is 3.68. The first-order chi connectivity index (χ1) is 8.26. The number of methoxy groups -OCH3 is 2. The molecule has 1 aromatic rings. The number of ether oxygens (including phenoxy) is 2. The third-order valence-electron chi connectivity index (χ3n) is 2.67. The van der Waals surface area contributed by atoms with Gasteiger partial charge < -0.3 is 9.47 Å². The number of hydrogen-bond donors (Lipinski definition) is 2. The summed E-state index contributed by atoms with van der Waals surface area (Å²) >= 11 is 0. The summed E-state index contributed by atoms with van der Waals surface area (Å²) in [7, 11) is 3.24. The Hall–Kier alpha value is -1.52. The van der Waals surface area contributed by atoms with Crippen molar-refractivity contribution in [1.82, 2.24) is 5.43 Å². The summed E-state index contributed by atoms with van der Waals surface area (Å²) in [5, 5.41) is 0. The van der Waals surface area contributed by atoms with E-state index in [4.69, 9.17) is 15.3 Å². The molecule has 0 saturated heterocycles. The summed E-state index contributed by atoms with van der Waals surface area (Å²) < 4.78 is 10.5. The highest BCUT2D eigenvalue weighted by molar-refractivity contribution is 5.43. The van der Waals surface area contributed by atoms with Crippen LogP contribution in [0.1, 0.15) is 24.4 Å². The number of allylic oxidation sites excluding steroid dienone is 1. The van der Waals surface area contributed by atoms with E-state index in [1.807, 2.05) is 24.3 Å². The molecule has 0 heterocycles. The number of hydrazine groups is 1. The van der Waals surface area contributed by atoms with Gasteiger partial charge in [-0.25, -0.2) is 0 Å². The van der Waals surface area contributed by atoms with Gasteiger partial charge in [-0.1, -0.05) is 12.1 Å². The van der Waals surface area contributed by atoms with Crippen LogP contribution in [0.15, 0.2) is 30.9 Å². The standard InChI is InChI=1S/C13H20N2O2/c1-4-5-6-11(15-14)10-7-8-12(16-2)13(9-10)17-3/h4,7-9,11,15H,1,5-6,14H2,2-3H3. The van der Waals surface area contributed by atoms with E-state index < -0.39 is 0 Å². The van der Waals surface area contributed by atoms with Crippen molar-refractivity contribution in [1.29, 1.82) is 0 Å². The Morgan fingerprint density at radius 3 is 2.59 bits per heavy atom. The first-order valence-electron chi connectivity index (χ1n) is 5.55. The molecule has 0 spiro atoms. The van der Waals surface area contributed by atoms with Crippen molar-refractivity contribution in [2.24, 2.45) is 5.84 Å². The summed E-state index contributed by atoms with van der Waals surface area (Å²) in [4.78, 5) is 0. The van der Waals surface area contributed by atoms with Crippen molar-refractivity contribution >= 4 is 0 Å². The average molecular weight is 236 g/mol. The Morgan fingerprint density at radius 1 is 1.35 bits per heavy atom. The van der Waals surface area contributed by atoms with E-state index in [0.29, 0.717) is 5.75 Å². The summed E-state index contributed by atoms with van der Waals surface area (Å²) in [5.41, 5.74) is 3.87. The van der Waals surface area contributed by atoms with E-state index in [1.54, 1.807) is 14.2 Å². The zero-order valence-electron chi connectivity index (χ0n) is 10.4. The second kappa shape index (κ2) is 6.93. The van der Waals surface area contributed by atoms with Crippen molar-refractivity contribution in [2.75, 3.05) is 14.2 Å². The van der Waals surface area contributed by atoms with Gasteiger partial charge in [-0.05, 0) is 30.5 Å². The lowest BCUT2D eigenvalue weighted by Gasteiger charge is -2.17. The van der Waals surface area contributed by atoms with E-state index in [2.05, 4.69) is 12.0 Å². The SMILES string of the molecule is C=CCCC(NN)c1ccc(OC)c(OC)c1. The minimum Gasteiger partial charge on any atom is -0.493 e. The van der Waals surface area contributed by atoms with Gasteiger partial charge in [0, 0.05) is 6.04 Å². The fourth-order valence-corrected chi connectivity index (χ4v) is 1.70. The van der Waals surface area contributed by atoms with E-state index in [-0.39, 0.29) is 6.04 Å². The van der Waals surface area contributed by atoms with Gasteiger partial charge in [-0.3, -0.25) is 11.3 Å². The van der Waals surface area contributed by atoms with Gasteiger partial charge in [0.15, 0.2) is 11.5 Å². The maximum atomic E-state index is 5.55. The first kappa shape index (κ1) is 13.5. The van der Waals surface area contributed by atoms with Crippen LogP contribution in [-0.4, -0.2) is 14.2 Å². The van der Waals surface area contributed by atoms with Crippen molar-refractivity contribution < 1.29 is 9.47 Å². The molecule has 0 amide bonds. The highest BCUT2D eigenvalue weighted by atomic mass is 16.5. The predicted octanol–water partition coefficient (Wildman–Crippen LogP) is 2.17. The van der Waals surface area contributed by atoms with Crippen LogP contribution < -0.4 is 20.7 Å². The molecule has 0 aliphatic rings. The molecule has 0 aliphatic heterocycles. The zero-order valence-corrected chi connectivity index (χ0v) is 10.4. The number of nitrogens with one attached hydrogen (secondary N) is 1. The molecule has 0 radical (unpaired) electrons. The van der Waals surface area contributed by atoms with Gasteiger partial charge in [-0.2, -0.15) is 0 Å².